The number of carbonyl (C=O) groups is 1. The van der Waals surface area contributed by atoms with Crippen molar-refractivity contribution < 1.29 is 24.1 Å². The summed E-state index contributed by atoms with van der Waals surface area (Å²) in [7, 11) is 0. The van der Waals surface area contributed by atoms with E-state index in [0.717, 1.165) is 6.42 Å². The Morgan fingerprint density at radius 2 is 2.05 bits per heavy atom. The van der Waals surface area contributed by atoms with Crippen LogP contribution in [0.1, 0.15) is 33.1 Å². The quantitative estimate of drug-likeness (QED) is 0.607. The molecule has 19 heavy (non-hydrogen) atoms. The van der Waals surface area contributed by atoms with E-state index in [2.05, 4.69) is 6.58 Å². The highest BCUT2D eigenvalue weighted by atomic mass is 16.7. The van der Waals surface area contributed by atoms with E-state index in [-0.39, 0.29) is 11.7 Å². The van der Waals surface area contributed by atoms with Gasteiger partial charge in [-0.3, -0.25) is 0 Å². The molecular weight excluding hydrogens is 248 g/mol. The molecule has 2 atom stereocenters. The number of ether oxygens (including phenoxy) is 3. The molecule has 1 heterocycles. The van der Waals surface area contributed by atoms with Crippen LogP contribution >= 0.6 is 0 Å². The zero-order valence-corrected chi connectivity index (χ0v) is 11.6. The first-order chi connectivity index (χ1) is 8.92. The second kappa shape index (κ2) is 5.61. The first-order valence-corrected chi connectivity index (χ1v) is 6.70. The zero-order valence-electron chi connectivity index (χ0n) is 11.6. The molecule has 1 saturated heterocycles. The molecule has 1 aliphatic carbocycles. The van der Waals surface area contributed by atoms with Crippen molar-refractivity contribution in [3.63, 3.8) is 0 Å². The normalized spacial score (nSPS) is 39.0. The molecule has 2 rings (SSSR count). The van der Waals surface area contributed by atoms with Gasteiger partial charge in [-0.2, -0.15) is 0 Å². The number of carbonyl (C=O) groups excluding carboxylic acids is 1. The fraction of sp³-hybridized carbons (Fsp3) is 0.786. The maximum atomic E-state index is 11.6. The lowest BCUT2D eigenvalue weighted by molar-refractivity contribution is -0.240. The van der Waals surface area contributed by atoms with Crippen molar-refractivity contribution in [1.82, 2.24) is 0 Å². The van der Waals surface area contributed by atoms with Gasteiger partial charge >= 0.3 is 5.97 Å². The minimum absolute atomic E-state index is 0.147. The van der Waals surface area contributed by atoms with Crippen molar-refractivity contribution in [3.8, 4) is 0 Å². The standard InChI is InChI=1S/C14H22O5/c1-9(2)13(16)19-12-6-14(5-4-11(12)15)7-17-10(3)18-8-14/h10-12,15H,1,4-8H2,2-3H3. The van der Waals surface area contributed by atoms with E-state index in [1.165, 1.54) is 0 Å². The monoisotopic (exact) mass is 270 g/mol. The average Bonchev–Trinajstić information content (AvgIpc) is 2.37. The second-order valence-corrected chi connectivity index (χ2v) is 5.72. The number of esters is 1. The van der Waals surface area contributed by atoms with E-state index in [1.807, 2.05) is 6.92 Å². The maximum Gasteiger partial charge on any atom is 0.333 e. The smallest absolute Gasteiger partial charge is 0.333 e. The van der Waals surface area contributed by atoms with Crippen molar-refractivity contribution in [1.29, 1.82) is 0 Å². The molecule has 2 aliphatic rings. The summed E-state index contributed by atoms with van der Waals surface area (Å²) in [5.41, 5.74) is 0.197. The lowest BCUT2D eigenvalue weighted by atomic mass is 9.72. The van der Waals surface area contributed by atoms with Gasteiger partial charge in [-0.1, -0.05) is 6.58 Å². The van der Waals surface area contributed by atoms with Crippen molar-refractivity contribution >= 4 is 5.97 Å². The van der Waals surface area contributed by atoms with E-state index < -0.39 is 18.2 Å². The first kappa shape index (κ1) is 14.5. The van der Waals surface area contributed by atoms with Crippen molar-refractivity contribution in [2.45, 2.75) is 51.6 Å². The minimum atomic E-state index is -0.617. The van der Waals surface area contributed by atoms with Crippen molar-refractivity contribution in [2.75, 3.05) is 13.2 Å². The molecule has 2 unspecified atom stereocenters. The van der Waals surface area contributed by atoms with Crippen molar-refractivity contribution in [3.05, 3.63) is 12.2 Å². The predicted molar refractivity (Wildman–Crippen MR) is 68.4 cm³/mol. The molecule has 0 aromatic rings. The topological polar surface area (TPSA) is 65.0 Å². The SMILES string of the molecule is C=C(C)C(=O)OC1CC2(CCC1O)COC(C)OC2. The third-order valence-corrected chi connectivity index (χ3v) is 3.89. The molecule has 108 valence electrons. The van der Waals surface area contributed by atoms with Crippen LogP contribution in [0.2, 0.25) is 0 Å². The molecule has 5 heteroatoms. The highest BCUT2D eigenvalue weighted by Gasteiger charge is 2.45. The van der Waals surface area contributed by atoms with Crippen molar-refractivity contribution in [2.24, 2.45) is 5.41 Å². The number of hydrogen-bond acceptors (Lipinski definition) is 5. The Hall–Kier alpha value is -0.910. The van der Waals surface area contributed by atoms with Gasteiger partial charge in [0.2, 0.25) is 0 Å². The Labute approximate surface area is 113 Å². The van der Waals surface area contributed by atoms with Crippen LogP contribution in [0.5, 0.6) is 0 Å². The molecule has 0 aromatic heterocycles. The fourth-order valence-electron chi connectivity index (χ4n) is 2.60. The van der Waals surface area contributed by atoms with E-state index in [9.17, 15) is 9.90 Å². The van der Waals surface area contributed by atoms with Crippen LogP contribution in [-0.2, 0) is 19.0 Å². The summed E-state index contributed by atoms with van der Waals surface area (Å²) in [5.74, 6) is -0.452. The van der Waals surface area contributed by atoms with Crippen LogP contribution in [-0.4, -0.2) is 42.8 Å². The summed E-state index contributed by atoms with van der Waals surface area (Å²) in [6, 6.07) is 0. The van der Waals surface area contributed by atoms with Gasteiger partial charge in [-0.15, -0.1) is 0 Å². The van der Waals surface area contributed by atoms with Gasteiger partial charge in [-0.05, 0) is 33.1 Å². The van der Waals surface area contributed by atoms with Crippen LogP contribution in [0.4, 0.5) is 0 Å². The molecule has 1 aliphatic heterocycles. The minimum Gasteiger partial charge on any atom is -0.456 e. The molecule has 1 saturated carbocycles. The molecule has 0 amide bonds. The van der Waals surface area contributed by atoms with Crippen LogP contribution in [0.25, 0.3) is 0 Å². The van der Waals surface area contributed by atoms with Crippen LogP contribution in [0.3, 0.4) is 0 Å². The maximum absolute atomic E-state index is 11.6. The van der Waals surface area contributed by atoms with Gasteiger partial charge in [-0.25, -0.2) is 4.79 Å². The Bertz CT molecular complexity index is 351. The molecule has 2 fully saturated rings. The zero-order chi connectivity index (χ0) is 14.0. The Morgan fingerprint density at radius 3 is 2.63 bits per heavy atom. The fourth-order valence-corrected chi connectivity index (χ4v) is 2.60. The summed E-state index contributed by atoms with van der Waals surface area (Å²) in [5, 5.41) is 9.98. The Balaban J connectivity index is 1.99. The van der Waals surface area contributed by atoms with E-state index in [1.54, 1.807) is 6.92 Å². The predicted octanol–water partition coefficient (Wildman–Crippen LogP) is 1.40. The summed E-state index contributed by atoms with van der Waals surface area (Å²) in [6.45, 7) is 8.19. The highest BCUT2D eigenvalue weighted by molar-refractivity contribution is 5.87. The lowest BCUT2D eigenvalue weighted by Crippen LogP contribution is -2.50. The molecule has 0 radical (unpaired) electrons. The van der Waals surface area contributed by atoms with E-state index >= 15 is 0 Å². The molecule has 0 bridgehead atoms. The lowest BCUT2D eigenvalue weighted by Gasteiger charge is -2.45. The molecule has 1 N–H and O–H groups in total. The largest absolute Gasteiger partial charge is 0.456 e. The van der Waals surface area contributed by atoms with Gasteiger partial charge in [0.25, 0.3) is 0 Å². The Morgan fingerprint density at radius 1 is 1.42 bits per heavy atom. The number of aliphatic hydroxyl groups is 1. The summed E-state index contributed by atoms with van der Waals surface area (Å²) in [4.78, 5) is 11.6. The van der Waals surface area contributed by atoms with Gasteiger partial charge in [0.15, 0.2) is 6.29 Å². The summed E-state index contributed by atoms with van der Waals surface area (Å²) >= 11 is 0. The van der Waals surface area contributed by atoms with Gasteiger partial charge < -0.3 is 19.3 Å². The second-order valence-electron chi connectivity index (χ2n) is 5.72. The number of aliphatic hydroxyl groups excluding tert-OH is 1. The Kier molecular flexibility index (Phi) is 4.28. The van der Waals surface area contributed by atoms with Crippen LogP contribution < -0.4 is 0 Å². The average molecular weight is 270 g/mol. The summed E-state index contributed by atoms with van der Waals surface area (Å²) < 4.78 is 16.4. The van der Waals surface area contributed by atoms with Gasteiger partial charge in [0.05, 0.1) is 19.3 Å². The number of hydrogen-bond donors (Lipinski definition) is 1. The molecule has 5 nitrogen and oxygen atoms in total. The third kappa shape index (κ3) is 3.35. The highest BCUT2D eigenvalue weighted by Crippen LogP contribution is 2.41. The molecule has 0 aromatic carbocycles. The molecular formula is C14H22O5. The summed E-state index contributed by atoms with van der Waals surface area (Å²) in [6.07, 6.45) is 0.678. The van der Waals surface area contributed by atoms with Crippen LogP contribution in [0, 0.1) is 5.41 Å². The van der Waals surface area contributed by atoms with E-state index in [4.69, 9.17) is 14.2 Å². The van der Waals surface area contributed by atoms with Gasteiger partial charge in [0.1, 0.15) is 6.10 Å². The van der Waals surface area contributed by atoms with Gasteiger partial charge in [0, 0.05) is 11.0 Å². The molecule has 1 spiro atoms. The third-order valence-electron chi connectivity index (χ3n) is 3.89. The number of rotatable bonds is 2. The first-order valence-electron chi connectivity index (χ1n) is 6.70. The van der Waals surface area contributed by atoms with Crippen LogP contribution in [0.15, 0.2) is 12.2 Å². The van der Waals surface area contributed by atoms with E-state index in [0.29, 0.717) is 31.6 Å².